The molecule has 0 saturated heterocycles. The molecule has 0 radical (unpaired) electrons. The van der Waals surface area contributed by atoms with Gasteiger partial charge in [0.25, 0.3) is 0 Å². The normalized spacial score (nSPS) is 11.6. The molecular formula is C11H18N2O2S. The molecule has 0 unspecified atom stereocenters. The molecule has 2 N–H and O–H groups in total. The third kappa shape index (κ3) is 4.74. The lowest BCUT2D eigenvalue weighted by Gasteiger charge is -2.06. The van der Waals surface area contributed by atoms with Crippen LogP contribution in [0.25, 0.3) is 0 Å². The maximum atomic E-state index is 11.5. The summed E-state index contributed by atoms with van der Waals surface area (Å²) in [5, 5.41) is 2.81. The highest BCUT2D eigenvalue weighted by atomic mass is 32.2. The van der Waals surface area contributed by atoms with Crippen LogP contribution in [0.4, 0.5) is 0 Å². The van der Waals surface area contributed by atoms with Crippen LogP contribution < -0.4 is 10.0 Å². The van der Waals surface area contributed by atoms with E-state index < -0.39 is 10.0 Å². The minimum Gasteiger partial charge on any atom is -0.319 e. The minimum atomic E-state index is -3.17. The molecule has 0 aliphatic carbocycles. The van der Waals surface area contributed by atoms with Crippen molar-refractivity contribution in [3.8, 4) is 0 Å². The number of sulfonamides is 1. The van der Waals surface area contributed by atoms with Gasteiger partial charge in [0.05, 0.1) is 5.75 Å². The van der Waals surface area contributed by atoms with Crippen LogP contribution in [0.1, 0.15) is 11.1 Å². The molecule has 0 saturated carbocycles. The molecule has 5 heteroatoms. The molecule has 0 aliphatic heterocycles. The number of rotatable bonds is 6. The van der Waals surface area contributed by atoms with E-state index in [1.807, 2.05) is 31.2 Å². The maximum Gasteiger partial charge on any atom is 0.213 e. The monoisotopic (exact) mass is 242 g/mol. The summed E-state index contributed by atoms with van der Waals surface area (Å²) >= 11 is 0. The molecule has 0 atom stereocenters. The highest BCUT2D eigenvalue weighted by molar-refractivity contribution is 7.89. The van der Waals surface area contributed by atoms with E-state index in [1.165, 1.54) is 0 Å². The van der Waals surface area contributed by atoms with E-state index in [4.69, 9.17) is 0 Å². The van der Waals surface area contributed by atoms with Crippen molar-refractivity contribution in [1.82, 2.24) is 10.0 Å². The van der Waals surface area contributed by atoms with E-state index in [1.54, 1.807) is 7.05 Å². The molecule has 90 valence electrons. The van der Waals surface area contributed by atoms with Gasteiger partial charge in [-0.2, -0.15) is 0 Å². The van der Waals surface area contributed by atoms with Gasteiger partial charge in [-0.3, -0.25) is 0 Å². The maximum absolute atomic E-state index is 11.5. The smallest absolute Gasteiger partial charge is 0.213 e. The van der Waals surface area contributed by atoms with Gasteiger partial charge in [-0.1, -0.05) is 29.8 Å². The van der Waals surface area contributed by atoms with Gasteiger partial charge >= 0.3 is 0 Å². The van der Waals surface area contributed by atoms with E-state index in [9.17, 15) is 8.42 Å². The first-order valence-electron chi connectivity index (χ1n) is 5.21. The van der Waals surface area contributed by atoms with Crippen molar-refractivity contribution >= 4 is 10.0 Å². The van der Waals surface area contributed by atoms with Crippen molar-refractivity contribution in [2.45, 2.75) is 13.5 Å². The van der Waals surface area contributed by atoms with E-state index >= 15 is 0 Å². The van der Waals surface area contributed by atoms with Crippen molar-refractivity contribution < 1.29 is 8.42 Å². The number of hydrogen-bond acceptors (Lipinski definition) is 3. The standard InChI is InChI=1S/C11H18N2O2S/c1-10-4-3-5-11(8-10)9-13-16(14,15)7-6-12-2/h3-5,8,12-13H,6-7,9H2,1-2H3. The molecule has 1 rings (SSSR count). The zero-order valence-corrected chi connectivity index (χ0v) is 10.5. The van der Waals surface area contributed by atoms with Crippen LogP contribution in [0, 0.1) is 6.92 Å². The molecule has 1 aromatic carbocycles. The topological polar surface area (TPSA) is 58.2 Å². The summed E-state index contributed by atoms with van der Waals surface area (Å²) < 4.78 is 25.6. The van der Waals surface area contributed by atoms with Gasteiger partial charge in [-0.25, -0.2) is 13.1 Å². The van der Waals surface area contributed by atoms with Crippen molar-refractivity contribution in [2.24, 2.45) is 0 Å². The average molecular weight is 242 g/mol. The van der Waals surface area contributed by atoms with Crippen LogP contribution in [0.5, 0.6) is 0 Å². The fraction of sp³-hybridized carbons (Fsp3) is 0.455. The highest BCUT2D eigenvalue weighted by Gasteiger charge is 2.08. The van der Waals surface area contributed by atoms with Crippen LogP contribution in [-0.2, 0) is 16.6 Å². The minimum absolute atomic E-state index is 0.106. The Morgan fingerprint density at radius 1 is 1.31 bits per heavy atom. The highest BCUT2D eigenvalue weighted by Crippen LogP contribution is 2.03. The largest absolute Gasteiger partial charge is 0.319 e. The predicted molar refractivity (Wildman–Crippen MR) is 65.7 cm³/mol. The van der Waals surface area contributed by atoms with Crippen molar-refractivity contribution in [3.05, 3.63) is 35.4 Å². The van der Waals surface area contributed by atoms with Crippen molar-refractivity contribution in [2.75, 3.05) is 19.3 Å². The zero-order valence-electron chi connectivity index (χ0n) is 9.66. The fourth-order valence-corrected chi connectivity index (χ4v) is 2.33. The Morgan fingerprint density at radius 2 is 2.06 bits per heavy atom. The third-order valence-electron chi connectivity index (χ3n) is 2.20. The summed E-state index contributed by atoms with van der Waals surface area (Å²) in [6, 6.07) is 7.79. The lowest BCUT2D eigenvalue weighted by molar-refractivity contribution is 0.579. The van der Waals surface area contributed by atoms with E-state index in [-0.39, 0.29) is 5.75 Å². The summed E-state index contributed by atoms with van der Waals surface area (Å²) in [4.78, 5) is 0. The Hall–Kier alpha value is -0.910. The van der Waals surface area contributed by atoms with Crippen LogP contribution >= 0.6 is 0 Å². The van der Waals surface area contributed by atoms with E-state index in [0.29, 0.717) is 13.1 Å². The molecule has 0 aliphatic rings. The predicted octanol–water partition coefficient (Wildman–Crippen LogP) is 0.634. The summed E-state index contributed by atoms with van der Waals surface area (Å²) in [6.45, 7) is 2.80. The second-order valence-electron chi connectivity index (χ2n) is 3.73. The second kappa shape index (κ2) is 5.98. The van der Waals surface area contributed by atoms with Gasteiger partial charge in [-0.15, -0.1) is 0 Å². The van der Waals surface area contributed by atoms with Crippen molar-refractivity contribution in [3.63, 3.8) is 0 Å². The first kappa shape index (κ1) is 13.2. The second-order valence-corrected chi connectivity index (χ2v) is 5.66. The molecule has 0 fully saturated rings. The quantitative estimate of drug-likeness (QED) is 0.769. The Balaban J connectivity index is 2.51. The van der Waals surface area contributed by atoms with Gasteiger partial charge in [0, 0.05) is 13.1 Å². The first-order chi connectivity index (χ1) is 7.53. The molecule has 0 spiro atoms. The average Bonchev–Trinajstić information content (AvgIpc) is 2.24. The lowest BCUT2D eigenvalue weighted by atomic mass is 10.1. The molecule has 1 aromatic rings. The lowest BCUT2D eigenvalue weighted by Crippen LogP contribution is -2.30. The SMILES string of the molecule is CNCCS(=O)(=O)NCc1cccc(C)c1. The van der Waals surface area contributed by atoms with Crippen LogP contribution in [-0.4, -0.2) is 27.8 Å². The van der Waals surface area contributed by atoms with Gasteiger partial charge in [-0.05, 0) is 19.5 Å². The van der Waals surface area contributed by atoms with Crippen LogP contribution in [0.3, 0.4) is 0 Å². The number of benzene rings is 1. The number of hydrogen-bond donors (Lipinski definition) is 2. The van der Waals surface area contributed by atoms with Gasteiger partial charge in [0.15, 0.2) is 0 Å². The Labute approximate surface area is 97.1 Å². The fourth-order valence-electron chi connectivity index (χ4n) is 1.32. The molecule has 0 aromatic heterocycles. The molecule has 4 nitrogen and oxygen atoms in total. The molecular weight excluding hydrogens is 224 g/mol. The Morgan fingerprint density at radius 3 is 2.69 bits per heavy atom. The summed E-state index contributed by atoms with van der Waals surface area (Å²) in [6.07, 6.45) is 0. The Kier molecular flexibility index (Phi) is 4.92. The molecule has 0 heterocycles. The summed E-state index contributed by atoms with van der Waals surface area (Å²) in [5.74, 6) is 0.106. The van der Waals surface area contributed by atoms with Crippen molar-refractivity contribution in [1.29, 1.82) is 0 Å². The van der Waals surface area contributed by atoms with Crippen LogP contribution in [0.2, 0.25) is 0 Å². The van der Waals surface area contributed by atoms with Gasteiger partial charge in [0.1, 0.15) is 0 Å². The molecule has 16 heavy (non-hydrogen) atoms. The molecule has 0 bridgehead atoms. The number of aryl methyl sites for hydroxylation is 1. The first-order valence-corrected chi connectivity index (χ1v) is 6.86. The van der Waals surface area contributed by atoms with Gasteiger partial charge < -0.3 is 5.32 Å². The number of nitrogens with one attached hydrogen (secondary N) is 2. The zero-order chi connectivity index (χ0) is 12.0. The van der Waals surface area contributed by atoms with Crippen LogP contribution in [0.15, 0.2) is 24.3 Å². The van der Waals surface area contributed by atoms with Gasteiger partial charge in [0.2, 0.25) is 10.0 Å². The molecule has 0 amide bonds. The van der Waals surface area contributed by atoms with E-state index in [2.05, 4.69) is 10.0 Å². The Bertz CT molecular complexity index is 429. The third-order valence-corrected chi connectivity index (χ3v) is 3.53. The summed E-state index contributed by atoms with van der Waals surface area (Å²) in [7, 11) is -1.44. The van der Waals surface area contributed by atoms with E-state index in [0.717, 1.165) is 11.1 Å². The summed E-state index contributed by atoms with van der Waals surface area (Å²) in [5.41, 5.74) is 2.11.